The summed E-state index contributed by atoms with van der Waals surface area (Å²) in [7, 11) is 0. The van der Waals surface area contributed by atoms with Gasteiger partial charge in [0.1, 0.15) is 5.82 Å². The molecule has 8 nitrogen and oxygen atoms in total. The van der Waals surface area contributed by atoms with Crippen LogP contribution in [-0.2, 0) is 19.2 Å². The molecule has 0 heterocycles. The lowest BCUT2D eigenvalue weighted by Crippen LogP contribution is -2.12. The molecule has 0 atom stereocenters. The van der Waals surface area contributed by atoms with Gasteiger partial charge in [-0.15, -0.1) is 0 Å². The normalized spacial score (nSPS) is 10.6. The number of halogens is 1. The SMILES string of the molecule is C=C(C)C(=O)Oc1ccc(/C=C/c2ccc(-c3ccc(-c4ccc(OC(=O)C(=C)C)c(OC(=O)C(=C)C)c4)cc3F)cc2)cc1OC(=O)C(=C)C. The summed E-state index contributed by atoms with van der Waals surface area (Å²) in [6.45, 7) is 20.3. The summed E-state index contributed by atoms with van der Waals surface area (Å²) in [5, 5.41) is 0. The number of ether oxygens (including phenoxy) is 4. The van der Waals surface area contributed by atoms with E-state index in [-0.39, 0.29) is 45.3 Å². The second-order valence-electron chi connectivity index (χ2n) is 11.7. The molecule has 258 valence electrons. The van der Waals surface area contributed by atoms with Crippen LogP contribution in [0.3, 0.4) is 0 Å². The lowest BCUT2D eigenvalue weighted by atomic mass is 9.98. The molecular formula is C42H35FO8. The Morgan fingerprint density at radius 1 is 0.471 bits per heavy atom. The molecule has 0 saturated carbocycles. The minimum atomic E-state index is -0.715. The van der Waals surface area contributed by atoms with Crippen molar-refractivity contribution in [2.75, 3.05) is 0 Å². The molecule has 0 amide bonds. The summed E-state index contributed by atoms with van der Waals surface area (Å²) >= 11 is 0. The van der Waals surface area contributed by atoms with Gasteiger partial charge < -0.3 is 18.9 Å². The van der Waals surface area contributed by atoms with Gasteiger partial charge in [0, 0.05) is 27.9 Å². The van der Waals surface area contributed by atoms with Crippen molar-refractivity contribution in [2.45, 2.75) is 27.7 Å². The molecule has 0 radical (unpaired) electrons. The maximum Gasteiger partial charge on any atom is 0.338 e. The molecule has 4 rings (SSSR count). The number of rotatable bonds is 12. The largest absolute Gasteiger partial charge is 0.419 e. The zero-order chi connectivity index (χ0) is 37.4. The maximum atomic E-state index is 15.5. The van der Waals surface area contributed by atoms with Crippen LogP contribution in [0, 0.1) is 5.82 Å². The van der Waals surface area contributed by atoms with Crippen LogP contribution < -0.4 is 18.9 Å². The zero-order valence-electron chi connectivity index (χ0n) is 28.6. The van der Waals surface area contributed by atoms with Gasteiger partial charge in [-0.1, -0.05) is 87.0 Å². The van der Waals surface area contributed by atoms with Crippen LogP contribution in [0.4, 0.5) is 4.39 Å². The smallest absolute Gasteiger partial charge is 0.338 e. The van der Waals surface area contributed by atoms with E-state index in [9.17, 15) is 19.2 Å². The van der Waals surface area contributed by atoms with E-state index >= 15 is 4.39 Å². The van der Waals surface area contributed by atoms with E-state index in [1.165, 1.54) is 52.0 Å². The first-order valence-corrected chi connectivity index (χ1v) is 15.5. The predicted molar refractivity (Wildman–Crippen MR) is 194 cm³/mol. The van der Waals surface area contributed by atoms with Crippen LogP contribution >= 0.6 is 0 Å². The first-order chi connectivity index (χ1) is 24.1. The first kappa shape index (κ1) is 37.2. The van der Waals surface area contributed by atoms with E-state index in [2.05, 4.69) is 26.3 Å². The minimum absolute atomic E-state index is 0.000319. The molecule has 0 saturated heterocycles. The topological polar surface area (TPSA) is 105 Å². The van der Waals surface area contributed by atoms with Gasteiger partial charge in [0.05, 0.1) is 0 Å². The van der Waals surface area contributed by atoms with E-state index in [0.717, 1.165) is 5.56 Å². The van der Waals surface area contributed by atoms with Crippen molar-refractivity contribution < 1.29 is 42.5 Å². The lowest BCUT2D eigenvalue weighted by Gasteiger charge is -2.13. The standard InChI is InChI=1S/C42H35FO8/c1-24(2)39(44)48-35-19-13-29(21-37(35)50-41(46)26(5)6)10-9-28-11-14-30(15-12-28)33-18-16-31(22-34(33)43)32-17-20-36(49-40(45)25(3)4)38(23-32)51-42(47)27(7)8/h9-23H,1,3,5,7H2,2,4,6,8H3/b10-9+. The number of hydrogen-bond donors (Lipinski definition) is 0. The Bertz CT molecular complexity index is 2140. The van der Waals surface area contributed by atoms with Gasteiger partial charge in [0.25, 0.3) is 0 Å². The van der Waals surface area contributed by atoms with Gasteiger partial charge in [-0.05, 0) is 85.8 Å². The highest BCUT2D eigenvalue weighted by Gasteiger charge is 2.18. The summed E-state index contributed by atoms with van der Waals surface area (Å²) in [5.74, 6) is -3.17. The Hall–Kier alpha value is -6.61. The molecule has 0 aliphatic carbocycles. The number of carbonyl (C=O) groups is 4. The molecule has 0 unspecified atom stereocenters. The van der Waals surface area contributed by atoms with Crippen molar-refractivity contribution in [3.8, 4) is 45.3 Å². The van der Waals surface area contributed by atoms with Gasteiger partial charge in [0.15, 0.2) is 23.0 Å². The molecule has 0 bridgehead atoms. The van der Waals surface area contributed by atoms with Crippen LogP contribution in [0.5, 0.6) is 23.0 Å². The van der Waals surface area contributed by atoms with Gasteiger partial charge in [-0.25, -0.2) is 23.6 Å². The van der Waals surface area contributed by atoms with Crippen molar-refractivity contribution in [2.24, 2.45) is 0 Å². The van der Waals surface area contributed by atoms with E-state index in [4.69, 9.17) is 18.9 Å². The highest BCUT2D eigenvalue weighted by atomic mass is 19.1. The maximum absolute atomic E-state index is 15.5. The quantitative estimate of drug-likeness (QED) is 0.0629. The van der Waals surface area contributed by atoms with Gasteiger partial charge in [-0.2, -0.15) is 0 Å². The number of esters is 4. The van der Waals surface area contributed by atoms with Gasteiger partial charge in [0.2, 0.25) is 0 Å². The zero-order valence-corrected chi connectivity index (χ0v) is 28.6. The summed E-state index contributed by atoms with van der Waals surface area (Å²) in [6, 6.07) is 21.2. The first-order valence-electron chi connectivity index (χ1n) is 15.5. The fourth-order valence-electron chi connectivity index (χ4n) is 4.29. The van der Waals surface area contributed by atoms with Crippen LogP contribution in [-0.4, -0.2) is 23.9 Å². The summed E-state index contributed by atoms with van der Waals surface area (Å²) in [4.78, 5) is 48.7. The molecule has 9 heteroatoms. The monoisotopic (exact) mass is 686 g/mol. The molecule has 0 aromatic heterocycles. The fraction of sp³-hybridized carbons (Fsp3) is 0.0952. The fourth-order valence-corrected chi connectivity index (χ4v) is 4.29. The number of carbonyl (C=O) groups excluding carboxylic acids is 4. The highest BCUT2D eigenvalue weighted by molar-refractivity contribution is 5.92. The molecule has 0 aliphatic rings. The molecular weight excluding hydrogens is 651 g/mol. The van der Waals surface area contributed by atoms with E-state index in [0.29, 0.717) is 27.8 Å². The average molecular weight is 687 g/mol. The molecule has 51 heavy (non-hydrogen) atoms. The van der Waals surface area contributed by atoms with E-state index < -0.39 is 29.7 Å². The third-order valence-corrected chi connectivity index (χ3v) is 7.11. The third kappa shape index (κ3) is 9.73. The molecule has 0 spiro atoms. The molecule has 0 N–H and O–H groups in total. The average Bonchev–Trinajstić information content (AvgIpc) is 3.08. The molecule has 0 fully saturated rings. The van der Waals surface area contributed by atoms with Gasteiger partial charge in [-0.3, -0.25) is 0 Å². The number of benzene rings is 4. The highest BCUT2D eigenvalue weighted by Crippen LogP contribution is 2.36. The number of hydrogen-bond acceptors (Lipinski definition) is 8. The Kier molecular flexibility index (Phi) is 11.8. The van der Waals surface area contributed by atoms with Gasteiger partial charge >= 0.3 is 23.9 Å². The lowest BCUT2D eigenvalue weighted by molar-refractivity contribution is -0.132. The predicted octanol–water partition coefficient (Wildman–Crippen LogP) is 9.26. The molecule has 4 aromatic rings. The Labute approximate surface area is 295 Å². The Morgan fingerprint density at radius 2 is 0.843 bits per heavy atom. The summed E-state index contributed by atoms with van der Waals surface area (Å²) < 4.78 is 36.9. The van der Waals surface area contributed by atoms with Crippen LogP contribution in [0.25, 0.3) is 34.4 Å². The molecule has 0 aliphatic heterocycles. The van der Waals surface area contributed by atoms with E-state index in [1.54, 1.807) is 48.5 Å². The van der Waals surface area contributed by atoms with Crippen molar-refractivity contribution >= 4 is 36.0 Å². The van der Waals surface area contributed by atoms with Crippen molar-refractivity contribution in [3.05, 3.63) is 144 Å². The molecule has 4 aromatic carbocycles. The van der Waals surface area contributed by atoms with Crippen LogP contribution in [0.2, 0.25) is 0 Å². The van der Waals surface area contributed by atoms with Crippen molar-refractivity contribution in [1.29, 1.82) is 0 Å². The Balaban J connectivity index is 1.56. The van der Waals surface area contributed by atoms with E-state index in [1.807, 2.05) is 18.2 Å². The minimum Gasteiger partial charge on any atom is -0.419 e. The third-order valence-electron chi connectivity index (χ3n) is 7.11. The Morgan fingerprint density at radius 3 is 1.33 bits per heavy atom. The van der Waals surface area contributed by atoms with Crippen LogP contribution in [0.1, 0.15) is 38.8 Å². The van der Waals surface area contributed by atoms with Crippen molar-refractivity contribution in [3.63, 3.8) is 0 Å². The second kappa shape index (κ2) is 16.2. The summed E-state index contributed by atoms with van der Waals surface area (Å²) in [5.41, 5.74) is 4.11. The van der Waals surface area contributed by atoms with Crippen LogP contribution in [0.15, 0.2) is 127 Å². The second-order valence-corrected chi connectivity index (χ2v) is 11.7. The summed E-state index contributed by atoms with van der Waals surface area (Å²) in [6.07, 6.45) is 3.59. The van der Waals surface area contributed by atoms with Crippen molar-refractivity contribution in [1.82, 2.24) is 0 Å².